The van der Waals surface area contributed by atoms with Crippen molar-refractivity contribution < 1.29 is 19.4 Å². The van der Waals surface area contributed by atoms with Crippen LogP contribution in [0.1, 0.15) is 18.4 Å². The van der Waals surface area contributed by atoms with E-state index in [1.54, 1.807) is 0 Å². The molecule has 0 aromatic heterocycles. The molecule has 1 aliphatic heterocycles. The summed E-state index contributed by atoms with van der Waals surface area (Å²) in [5.41, 5.74) is 0.953. The largest absolute Gasteiger partial charge is 0.465 e. The topological polar surface area (TPSA) is 66.8 Å². The number of carboxylic acid groups (broad SMARTS) is 1. The van der Waals surface area contributed by atoms with Crippen molar-refractivity contribution in [3.63, 3.8) is 0 Å². The second-order valence-electron chi connectivity index (χ2n) is 4.73. The summed E-state index contributed by atoms with van der Waals surface area (Å²) in [4.78, 5) is 23.8. The van der Waals surface area contributed by atoms with E-state index < -0.39 is 6.09 Å². The van der Waals surface area contributed by atoms with Crippen LogP contribution in [-0.4, -0.2) is 35.2 Å². The van der Waals surface area contributed by atoms with Gasteiger partial charge in [-0.1, -0.05) is 30.3 Å². The quantitative estimate of drug-likeness (QED) is 0.845. The molecule has 5 heteroatoms. The van der Waals surface area contributed by atoms with Crippen molar-refractivity contribution in [1.29, 1.82) is 0 Å². The zero-order valence-corrected chi connectivity index (χ0v) is 10.6. The molecule has 1 heterocycles. The zero-order chi connectivity index (χ0) is 13.7. The van der Waals surface area contributed by atoms with Gasteiger partial charge in [0, 0.05) is 13.1 Å². The molecule has 1 saturated heterocycles. The monoisotopic (exact) mass is 263 g/mol. The van der Waals surface area contributed by atoms with Crippen LogP contribution in [0.5, 0.6) is 0 Å². The van der Waals surface area contributed by atoms with Crippen molar-refractivity contribution in [2.24, 2.45) is 5.92 Å². The smallest absolute Gasteiger partial charge is 0.407 e. The molecule has 5 nitrogen and oxygen atoms in total. The third-order valence-corrected chi connectivity index (χ3v) is 3.25. The van der Waals surface area contributed by atoms with Crippen LogP contribution in [0.15, 0.2) is 30.3 Å². The summed E-state index contributed by atoms with van der Waals surface area (Å²) in [5.74, 6) is -0.180. The van der Waals surface area contributed by atoms with Crippen LogP contribution < -0.4 is 0 Å². The Bertz CT molecular complexity index is 446. The molecule has 0 spiro atoms. The van der Waals surface area contributed by atoms with Gasteiger partial charge in [-0.15, -0.1) is 0 Å². The summed E-state index contributed by atoms with van der Waals surface area (Å²) in [6.07, 6.45) is 0.101. The fraction of sp³-hybridized carbons (Fsp3) is 0.429. The number of benzene rings is 1. The highest BCUT2D eigenvalue weighted by atomic mass is 16.5. The lowest BCUT2D eigenvalue weighted by Crippen LogP contribution is -2.27. The van der Waals surface area contributed by atoms with Crippen molar-refractivity contribution >= 4 is 12.1 Å². The number of esters is 1. The molecule has 0 aliphatic carbocycles. The second kappa shape index (κ2) is 6.22. The van der Waals surface area contributed by atoms with Crippen molar-refractivity contribution in [2.75, 3.05) is 13.1 Å². The first-order valence-electron chi connectivity index (χ1n) is 6.32. The molecule has 0 unspecified atom stereocenters. The molecular formula is C14H17NO4. The first kappa shape index (κ1) is 13.4. The van der Waals surface area contributed by atoms with Crippen LogP contribution in [0.2, 0.25) is 0 Å². The van der Waals surface area contributed by atoms with E-state index in [1.807, 2.05) is 30.3 Å². The predicted molar refractivity (Wildman–Crippen MR) is 68.6 cm³/mol. The zero-order valence-electron chi connectivity index (χ0n) is 10.6. The maximum absolute atomic E-state index is 11.7. The molecule has 1 N–H and O–H groups in total. The number of amides is 1. The molecule has 102 valence electrons. The van der Waals surface area contributed by atoms with Crippen LogP contribution in [-0.2, 0) is 16.1 Å². The highest BCUT2D eigenvalue weighted by Crippen LogP contribution is 2.20. The SMILES string of the molecule is O=C(C[C@H]1CCN(C(=O)O)C1)OCc1ccccc1. The van der Waals surface area contributed by atoms with E-state index in [0.29, 0.717) is 13.1 Å². The number of ether oxygens (including phenoxy) is 1. The first-order chi connectivity index (χ1) is 9.15. The fourth-order valence-corrected chi connectivity index (χ4v) is 2.21. The summed E-state index contributed by atoms with van der Waals surface area (Å²) >= 11 is 0. The molecule has 1 amide bonds. The Morgan fingerprint density at radius 3 is 2.68 bits per heavy atom. The molecule has 0 radical (unpaired) electrons. The maximum Gasteiger partial charge on any atom is 0.407 e. The lowest BCUT2D eigenvalue weighted by Gasteiger charge is -2.12. The third kappa shape index (κ3) is 3.98. The van der Waals surface area contributed by atoms with E-state index >= 15 is 0 Å². The molecule has 19 heavy (non-hydrogen) atoms. The number of hydrogen-bond acceptors (Lipinski definition) is 3. The maximum atomic E-state index is 11.7. The predicted octanol–water partition coefficient (Wildman–Crippen LogP) is 2.12. The van der Waals surface area contributed by atoms with Gasteiger partial charge in [0.1, 0.15) is 6.61 Å². The molecule has 1 atom stereocenters. The van der Waals surface area contributed by atoms with Gasteiger partial charge in [-0.25, -0.2) is 4.79 Å². The van der Waals surface area contributed by atoms with E-state index in [0.717, 1.165) is 12.0 Å². The minimum atomic E-state index is -0.917. The van der Waals surface area contributed by atoms with Gasteiger partial charge in [0.15, 0.2) is 0 Å². The number of nitrogens with zero attached hydrogens (tertiary/aromatic N) is 1. The molecule has 1 aromatic rings. The van der Waals surface area contributed by atoms with Crippen molar-refractivity contribution in [3.8, 4) is 0 Å². The van der Waals surface area contributed by atoms with Crippen molar-refractivity contribution in [2.45, 2.75) is 19.4 Å². The van der Waals surface area contributed by atoms with E-state index in [-0.39, 0.29) is 24.9 Å². The Hall–Kier alpha value is -2.04. The molecule has 1 aliphatic rings. The van der Waals surface area contributed by atoms with Gasteiger partial charge in [-0.05, 0) is 17.9 Å². The summed E-state index contributed by atoms with van der Waals surface area (Å²) < 4.78 is 5.18. The average molecular weight is 263 g/mol. The summed E-state index contributed by atoms with van der Waals surface area (Å²) in [6.45, 7) is 1.21. The molecule has 1 aromatic carbocycles. The Balaban J connectivity index is 1.72. The lowest BCUT2D eigenvalue weighted by atomic mass is 10.1. The van der Waals surface area contributed by atoms with Gasteiger partial charge in [0.2, 0.25) is 0 Å². The molecule has 1 fully saturated rings. The third-order valence-electron chi connectivity index (χ3n) is 3.25. The highest BCUT2D eigenvalue weighted by Gasteiger charge is 2.27. The van der Waals surface area contributed by atoms with E-state index in [4.69, 9.17) is 9.84 Å². The van der Waals surface area contributed by atoms with Gasteiger partial charge in [0.25, 0.3) is 0 Å². The Kier molecular flexibility index (Phi) is 4.39. The summed E-state index contributed by atoms with van der Waals surface area (Å²) in [7, 11) is 0. The van der Waals surface area contributed by atoms with Crippen molar-refractivity contribution in [3.05, 3.63) is 35.9 Å². The van der Waals surface area contributed by atoms with Crippen LogP contribution in [0.25, 0.3) is 0 Å². The second-order valence-corrected chi connectivity index (χ2v) is 4.73. The van der Waals surface area contributed by atoms with Crippen LogP contribution in [0.4, 0.5) is 4.79 Å². The summed E-state index contributed by atoms with van der Waals surface area (Å²) in [5, 5.41) is 8.83. The van der Waals surface area contributed by atoms with Gasteiger partial charge in [0.05, 0.1) is 6.42 Å². The Morgan fingerprint density at radius 1 is 1.32 bits per heavy atom. The van der Waals surface area contributed by atoms with E-state index in [2.05, 4.69) is 0 Å². The minimum absolute atomic E-state index is 0.0828. The fourth-order valence-electron chi connectivity index (χ4n) is 2.21. The van der Waals surface area contributed by atoms with Crippen LogP contribution in [0.3, 0.4) is 0 Å². The molecule has 0 saturated carbocycles. The molecule has 2 rings (SSSR count). The highest BCUT2D eigenvalue weighted by molar-refractivity contribution is 5.70. The van der Waals surface area contributed by atoms with Gasteiger partial charge >= 0.3 is 12.1 Å². The van der Waals surface area contributed by atoms with Gasteiger partial charge in [-0.3, -0.25) is 4.79 Å². The summed E-state index contributed by atoms with van der Waals surface area (Å²) in [6, 6.07) is 9.49. The normalized spacial score (nSPS) is 18.3. The van der Waals surface area contributed by atoms with Crippen LogP contribution >= 0.6 is 0 Å². The number of rotatable bonds is 4. The van der Waals surface area contributed by atoms with Gasteiger partial charge < -0.3 is 14.7 Å². The van der Waals surface area contributed by atoms with E-state index in [9.17, 15) is 9.59 Å². The number of carbonyl (C=O) groups excluding carboxylic acids is 1. The number of carbonyl (C=O) groups is 2. The van der Waals surface area contributed by atoms with Gasteiger partial charge in [-0.2, -0.15) is 0 Å². The standard InChI is InChI=1S/C14H17NO4/c16-13(19-10-11-4-2-1-3-5-11)8-12-6-7-15(9-12)14(17)18/h1-5,12H,6-10H2,(H,17,18)/t12-/m1/s1. The average Bonchev–Trinajstić information content (AvgIpc) is 2.86. The number of likely N-dealkylation sites (tertiary alicyclic amines) is 1. The molecule has 0 bridgehead atoms. The Morgan fingerprint density at radius 2 is 2.05 bits per heavy atom. The van der Waals surface area contributed by atoms with Crippen molar-refractivity contribution in [1.82, 2.24) is 4.90 Å². The van der Waals surface area contributed by atoms with Crippen LogP contribution in [0, 0.1) is 5.92 Å². The lowest BCUT2D eigenvalue weighted by molar-refractivity contribution is -0.146. The minimum Gasteiger partial charge on any atom is -0.465 e. The first-order valence-corrected chi connectivity index (χ1v) is 6.32. The Labute approximate surface area is 111 Å². The van der Waals surface area contributed by atoms with E-state index in [1.165, 1.54) is 4.90 Å². The molecular weight excluding hydrogens is 246 g/mol. The number of hydrogen-bond donors (Lipinski definition) is 1.